The van der Waals surface area contributed by atoms with Crippen LogP contribution < -0.4 is 0 Å². The zero-order valence-electron chi connectivity index (χ0n) is 8.58. The van der Waals surface area contributed by atoms with Gasteiger partial charge in [0.1, 0.15) is 0 Å². The molecule has 2 aromatic rings. The highest BCUT2D eigenvalue weighted by molar-refractivity contribution is 7.13. The molecule has 1 heterocycles. The first-order valence-electron chi connectivity index (χ1n) is 4.95. The Morgan fingerprint density at radius 1 is 1.31 bits per heavy atom. The van der Waals surface area contributed by atoms with E-state index in [-0.39, 0.29) is 12.1 Å². The van der Waals surface area contributed by atoms with Crippen molar-refractivity contribution in [3.8, 4) is 0 Å². The smallest absolute Gasteiger partial charge is 0.196 e. The lowest BCUT2D eigenvalue weighted by Crippen LogP contribution is -2.20. The van der Waals surface area contributed by atoms with Crippen LogP contribution >= 0.6 is 11.5 Å². The molecule has 0 aliphatic rings. The second-order valence-electron chi connectivity index (χ2n) is 3.57. The van der Waals surface area contributed by atoms with Gasteiger partial charge in [0, 0.05) is 5.39 Å². The number of benzene rings is 1. The number of rotatable bonds is 2. The van der Waals surface area contributed by atoms with Crippen LogP contribution in [0.4, 0.5) is 13.2 Å². The highest BCUT2D eigenvalue weighted by atomic mass is 32.1. The fourth-order valence-corrected chi connectivity index (χ4v) is 2.57. The SMILES string of the molecule is CCC(c1nsc2ccccc12)C(F)(F)F. The van der Waals surface area contributed by atoms with Crippen LogP contribution in [0.3, 0.4) is 0 Å². The Hall–Kier alpha value is -1.10. The van der Waals surface area contributed by atoms with Gasteiger partial charge in [0.25, 0.3) is 0 Å². The molecule has 2 rings (SSSR count). The Bertz CT molecular complexity index is 489. The minimum absolute atomic E-state index is 0.0250. The van der Waals surface area contributed by atoms with Gasteiger partial charge >= 0.3 is 6.18 Å². The summed E-state index contributed by atoms with van der Waals surface area (Å²) in [6.07, 6.45) is -4.19. The Balaban J connectivity index is 2.54. The topological polar surface area (TPSA) is 12.9 Å². The van der Waals surface area contributed by atoms with Crippen LogP contribution in [0.1, 0.15) is 25.0 Å². The summed E-state index contributed by atoms with van der Waals surface area (Å²) in [5.74, 6) is -1.45. The maximum atomic E-state index is 12.8. The molecule has 0 spiro atoms. The molecule has 0 aliphatic heterocycles. The minimum Gasteiger partial charge on any atom is -0.196 e. The molecule has 1 aromatic heterocycles. The predicted molar refractivity (Wildman–Crippen MR) is 58.7 cm³/mol. The fraction of sp³-hybridized carbons (Fsp3) is 0.364. The first-order chi connectivity index (χ1) is 7.54. The molecule has 16 heavy (non-hydrogen) atoms. The maximum Gasteiger partial charge on any atom is 0.397 e. The monoisotopic (exact) mass is 245 g/mol. The van der Waals surface area contributed by atoms with E-state index in [9.17, 15) is 13.2 Å². The summed E-state index contributed by atoms with van der Waals surface area (Å²) < 4.78 is 43.1. The molecule has 0 aliphatic carbocycles. The van der Waals surface area contributed by atoms with Crippen molar-refractivity contribution < 1.29 is 13.2 Å². The van der Waals surface area contributed by atoms with Crippen LogP contribution in [0, 0.1) is 0 Å². The normalized spacial score (nSPS) is 14.2. The highest BCUT2D eigenvalue weighted by Gasteiger charge is 2.41. The van der Waals surface area contributed by atoms with Crippen molar-refractivity contribution in [1.82, 2.24) is 4.37 Å². The van der Waals surface area contributed by atoms with Gasteiger partial charge in [0.15, 0.2) is 0 Å². The van der Waals surface area contributed by atoms with E-state index in [4.69, 9.17) is 0 Å². The number of halogens is 3. The van der Waals surface area contributed by atoms with Crippen molar-refractivity contribution >= 4 is 21.6 Å². The van der Waals surface area contributed by atoms with Crippen molar-refractivity contribution in [3.05, 3.63) is 30.0 Å². The van der Waals surface area contributed by atoms with E-state index in [0.717, 1.165) is 16.2 Å². The molecule has 1 unspecified atom stereocenters. The van der Waals surface area contributed by atoms with E-state index in [1.54, 1.807) is 24.3 Å². The maximum absolute atomic E-state index is 12.8. The second kappa shape index (κ2) is 4.05. The van der Waals surface area contributed by atoms with Crippen molar-refractivity contribution in [1.29, 1.82) is 0 Å². The predicted octanol–water partition coefficient (Wildman–Crippen LogP) is 4.35. The summed E-state index contributed by atoms with van der Waals surface area (Å²) in [5, 5.41) is 0.622. The van der Waals surface area contributed by atoms with Gasteiger partial charge < -0.3 is 0 Å². The van der Waals surface area contributed by atoms with Gasteiger partial charge in [-0.2, -0.15) is 17.5 Å². The number of hydrogen-bond donors (Lipinski definition) is 0. The third-order valence-electron chi connectivity index (χ3n) is 2.54. The molecule has 0 bridgehead atoms. The van der Waals surface area contributed by atoms with Gasteiger partial charge in [0.2, 0.25) is 0 Å². The minimum atomic E-state index is -4.22. The molecule has 0 N–H and O–H groups in total. The average Bonchev–Trinajstić information content (AvgIpc) is 2.61. The van der Waals surface area contributed by atoms with Gasteiger partial charge in [-0.1, -0.05) is 25.1 Å². The number of hydrogen-bond acceptors (Lipinski definition) is 2. The van der Waals surface area contributed by atoms with E-state index < -0.39 is 12.1 Å². The summed E-state index contributed by atoms with van der Waals surface area (Å²) in [5.41, 5.74) is 0.163. The van der Waals surface area contributed by atoms with E-state index in [1.807, 2.05) is 0 Å². The van der Waals surface area contributed by atoms with Gasteiger partial charge in [-0.05, 0) is 24.0 Å². The van der Waals surface area contributed by atoms with Crippen LogP contribution in [0.2, 0.25) is 0 Å². The van der Waals surface area contributed by atoms with Crippen LogP contribution in [0.25, 0.3) is 10.1 Å². The molecular formula is C11H10F3NS. The van der Waals surface area contributed by atoms with E-state index >= 15 is 0 Å². The van der Waals surface area contributed by atoms with Crippen molar-refractivity contribution in [2.24, 2.45) is 0 Å². The second-order valence-corrected chi connectivity index (χ2v) is 4.37. The van der Waals surface area contributed by atoms with E-state index in [2.05, 4.69) is 4.37 Å². The van der Waals surface area contributed by atoms with E-state index in [1.165, 1.54) is 6.92 Å². The molecule has 0 fully saturated rings. The van der Waals surface area contributed by atoms with Gasteiger partial charge in [-0.3, -0.25) is 0 Å². The summed E-state index contributed by atoms with van der Waals surface area (Å²) in [6, 6.07) is 7.03. The Morgan fingerprint density at radius 3 is 2.62 bits per heavy atom. The largest absolute Gasteiger partial charge is 0.397 e. The van der Waals surface area contributed by atoms with Crippen LogP contribution in [-0.2, 0) is 0 Å². The number of nitrogens with zero attached hydrogens (tertiary/aromatic N) is 1. The molecule has 1 nitrogen and oxygen atoms in total. The zero-order chi connectivity index (χ0) is 11.8. The van der Waals surface area contributed by atoms with E-state index in [0.29, 0.717) is 5.39 Å². The summed E-state index contributed by atoms with van der Waals surface area (Å²) in [6.45, 7) is 1.53. The Morgan fingerprint density at radius 2 is 2.00 bits per heavy atom. The fourth-order valence-electron chi connectivity index (χ4n) is 1.74. The molecule has 1 aromatic carbocycles. The lowest BCUT2D eigenvalue weighted by atomic mass is 9.99. The molecule has 0 saturated carbocycles. The number of fused-ring (bicyclic) bond motifs is 1. The van der Waals surface area contributed by atoms with Crippen molar-refractivity contribution in [2.75, 3.05) is 0 Å². The number of aromatic nitrogens is 1. The average molecular weight is 245 g/mol. The van der Waals surface area contributed by atoms with Crippen LogP contribution in [-0.4, -0.2) is 10.5 Å². The van der Waals surface area contributed by atoms with Gasteiger partial charge in [0.05, 0.1) is 16.3 Å². The first-order valence-corrected chi connectivity index (χ1v) is 5.72. The van der Waals surface area contributed by atoms with Crippen LogP contribution in [0.5, 0.6) is 0 Å². The van der Waals surface area contributed by atoms with Crippen LogP contribution in [0.15, 0.2) is 24.3 Å². The molecule has 5 heteroatoms. The first kappa shape index (κ1) is 11.4. The Labute approximate surface area is 95.1 Å². The molecule has 86 valence electrons. The summed E-state index contributed by atoms with van der Waals surface area (Å²) in [4.78, 5) is 0. The zero-order valence-corrected chi connectivity index (χ0v) is 9.40. The van der Waals surface area contributed by atoms with Crippen molar-refractivity contribution in [3.63, 3.8) is 0 Å². The molecular weight excluding hydrogens is 235 g/mol. The molecule has 0 radical (unpaired) electrons. The van der Waals surface area contributed by atoms with Crippen molar-refractivity contribution in [2.45, 2.75) is 25.4 Å². The Kier molecular flexibility index (Phi) is 2.88. The van der Waals surface area contributed by atoms with Gasteiger partial charge in [-0.25, -0.2) is 0 Å². The third-order valence-corrected chi connectivity index (χ3v) is 3.38. The highest BCUT2D eigenvalue weighted by Crippen LogP contribution is 2.40. The van der Waals surface area contributed by atoms with Gasteiger partial charge in [-0.15, -0.1) is 0 Å². The lowest BCUT2D eigenvalue weighted by molar-refractivity contribution is -0.151. The molecule has 1 atom stereocenters. The molecule has 0 amide bonds. The third kappa shape index (κ3) is 1.91. The standard InChI is InChI=1S/C11H10F3NS/c1-2-8(11(12,13)14)10-7-5-3-4-6-9(7)16-15-10/h3-6,8H,2H2,1H3. The lowest BCUT2D eigenvalue weighted by Gasteiger charge is -2.16. The summed E-state index contributed by atoms with van der Waals surface area (Å²) >= 11 is 1.12. The molecule has 0 saturated heterocycles. The number of alkyl halides is 3. The quantitative estimate of drug-likeness (QED) is 0.766. The summed E-state index contributed by atoms with van der Waals surface area (Å²) in [7, 11) is 0.